The smallest absolute Gasteiger partial charge is 0.338 e. The van der Waals surface area contributed by atoms with Crippen molar-refractivity contribution < 1.29 is 14.9 Å². The summed E-state index contributed by atoms with van der Waals surface area (Å²) in [4.78, 5) is 8.82. The molecule has 0 aromatic heterocycles. The molecule has 1 heterocycles. The van der Waals surface area contributed by atoms with Crippen molar-refractivity contribution in [2.75, 3.05) is 12.0 Å². The zero-order valence-electron chi connectivity index (χ0n) is 7.53. The third kappa shape index (κ3) is 1.92. The zero-order chi connectivity index (χ0) is 9.41. The molecule has 1 rings (SSSR count). The van der Waals surface area contributed by atoms with Gasteiger partial charge in [0.2, 0.25) is 0 Å². The number of hydrogen-bond donors (Lipinski definition) is 2. The van der Waals surface area contributed by atoms with E-state index < -0.39 is 12.0 Å². The molecule has 0 aliphatic carbocycles. The van der Waals surface area contributed by atoms with E-state index in [1.807, 2.05) is 20.1 Å². The highest BCUT2D eigenvalue weighted by atomic mass is 32.2. The van der Waals surface area contributed by atoms with Gasteiger partial charge in [-0.25, -0.2) is 0 Å². The number of hydrogen-bond acceptors (Lipinski definition) is 5. The zero-order valence-corrected chi connectivity index (χ0v) is 8.35. The van der Waals surface area contributed by atoms with Crippen LogP contribution in [0.3, 0.4) is 0 Å². The van der Waals surface area contributed by atoms with Gasteiger partial charge in [0.25, 0.3) is 0 Å². The summed E-state index contributed by atoms with van der Waals surface area (Å²) in [5, 5.41) is 9.38. The molecular formula is C7H15NO3S. The monoisotopic (exact) mass is 193 g/mol. The van der Waals surface area contributed by atoms with Crippen molar-refractivity contribution in [3.63, 3.8) is 0 Å². The second-order valence-electron chi connectivity index (χ2n) is 3.70. The van der Waals surface area contributed by atoms with Gasteiger partial charge in [-0.1, -0.05) is 13.8 Å². The first-order valence-electron chi connectivity index (χ1n) is 3.76. The molecule has 0 radical (unpaired) electrons. The first kappa shape index (κ1) is 10.3. The molecular weight excluding hydrogens is 178 g/mol. The Morgan fingerprint density at radius 2 is 2.08 bits per heavy atom. The van der Waals surface area contributed by atoms with Gasteiger partial charge in [-0.3, -0.25) is 0 Å². The molecule has 1 aliphatic rings. The molecule has 72 valence electrons. The molecule has 5 heteroatoms. The Morgan fingerprint density at radius 1 is 1.58 bits per heavy atom. The van der Waals surface area contributed by atoms with E-state index in [1.54, 1.807) is 11.8 Å². The lowest BCUT2D eigenvalue weighted by atomic mass is 9.86. The number of rotatable bonds is 4. The van der Waals surface area contributed by atoms with Gasteiger partial charge in [0.15, 0.2) is 0 Å². The van der Waals surface area contributed by atoms with Gasteiger partial charge in [0, 0.05) is 0 Å². The quantitative estimate of drug-likeness (QED) is 0.496. The fraction of sp³-hybridized carbons (Fsp3) is 1.00. The Morgan fingerprint density at radius 3 is 2.42 bits per heavy atom. The van der Waals surface area contributed by atoms with Gasteiger partial charge in [-0.2, -0.15) is 21.5 Å². The number of thioether (sulfide) groups is 1. The molecule has 1 atom stereocenters. The Bertz CT molecular complexity index is 170. The van der Waals surface area contributed by atoms with Crippen LogP contribution in [0.2, 0.25) is 0 Å². The van der Waals surface area contributed by atoms with Crippen LogP contribution in [0.15, 0.2) is 0 Å². The van der Waals surface area contributed by atoms with Crippen LogP contribution in [0.5, 0.6) is 0 Å². The predicted molar refractivity (Wildman–Crippen MR) is 47.3 cm³/mol. The minimum Gasteiger partial charge on any atom is -0.338 e. The first-order valence-corrected chi connectivity index (χ1v) is 5.15. The molecule has 3 N–H and O–H groups in total. The van der Waals surface area contributed by atoms with Crippen LogP contribution < -0.4 is 5.73 Å². The van der Waals surface area contributed by atoms with Crippen LogP contribution in [-0.2, 0) is 9.78 Å². The Kier molecular flexibility index (Phi) is 2.70. The second kappa shape index (κ2) is 3.16. The van der Waals surface area contributed by atoms with Gasteiger partial charge in [0.1, 0.15) is 0 Å². The normalized spacial score (nSPS) is 23.8. The second-order valence-corrected chi connectivity index (χ2v) is 4.56. The average Bonchev–Trinajstić information content (AvgIpc) is 2.68. The van der Waals surface area contributed by atoms with Crippen molar-refractivity contribution in [2.45, 2.75) is 25.9 Å². The molecule has 1 fully saturated rings. The van der Waals surface area contributed by atoms with Gasteiger partial charge >= 0.3 is 5.97 Å². The van der Waals surface area contributed by atoms with E-state index >= 15 is 0 Å². The summed E-state index contributed by atoms with van der Waals surface area (Å²) in [5.74, 6) is -0.692. The largest absolute Gasteiger partial charge is 0.353 e. The van der Waals surface area contributed by atoms with Crippen molar-refractivity contribution in [2.24, 2.45) is 11.1 Å². The lowest BCUT2D eigenvalue weighted by molar-refractivity contribution is -0.0285. The maximum Gasteiger partial charge on any atom is 0.353 e. The highest BCUT2D eigenvalue weighted by Gasteiger charge is 2.58. The average molecular weight is 193 g/mol. The molecule has 1 saturated heterocycles. The topological polar surface area (TPSA) is 71.3 Å². The van der Waals surface area contributed by atoms with Gasteiger partial charge in [-0.15, -0.1) is 0 Å². The standard InChI is InChI=1S/C7H15NO3S/c1-6(2,4-12-3)5(8)7(9)10-11-7/h5,9H,4,8H2,1-3H3/t5-/m0/s1. The van der Waals surface area contributed by atoms with E-state index in [1.165, 1.54) is 0 Å². The predicted octanol–water partition coefficient (Wildman–Crippen LogP) is 0.311. The first-order chi connectivity index (χ1) is 5.42. The molecule has 4 nitrogen and oxygen atoms in total. The molecule has 12 heavy (non-hydrogen) atoms. The summed E-state index contributed by atoms with van der Waals surface area (Å²) in [7, 11) is 0. The summed E-state index contributed by atoms with van der Waals surface area (Å²) >= 11 is 1.68. The summed E-state index contributed by atoms with van der Waals surface area (Å²) in [6, 6.07) is -0.516. The van der Waals surface area contributed by atoms with Crippen molar-refractivity contribution in [1.29, 1.82) is 0 Å². The van der Waals surface area contributed by atoms with Crippen molar-refractivity contribution in [1.82, 2.24) is 0 Å². The van der Waals surface area contributed by atoms with Crippen molar-refractivity contribution >= 4 is 11.8 Å². The summed E-state index contributed by atoms with van der Waals surface area (Å²) < 4.78 is 0. The van der Waals surface area contributed by atoms with E-state index in [-0.39, 0.29) is 5.41 Å². The highest BCUT2D eigenvalue weighted by Crippen LogP contribution is 2.38. The lowest BCUT2D eigenvalue weighted by Gasteiger charge is -2.30. The Hall–Kier alpha value is 0.190. The SMILES string of the molecule is CSCC(C)(C)[C@H](N)C1(O)OO1. The fourth-order valence-electron chi connectivity index (χ4n) is 1.10. The Balaban J connectivity index is 2.55. The van der Waals surface area contributed by atoms with E-state index in [9.17, 15) is 5.11 Å². The Labute approximate surface area is 76.3 Å². The van der Waals surface area contributed by atoms with Gasteiger partial charge < -0.3 is 10.8 Å². The van der Waals surface area contributed by atoms with Crippen molar-refractivity contribution in [3.8, 4) is 0 Å². The van der Waals surface area contributed by atoms with E-state index in [0.717, 1.165) is 5.75 Å². The minimum absolute atomic E-state index is 0.204. The van der Waals surface area contributed by atoms with Crippen LogP contribution >= 0.6 is 11.8 Å². The van der Waals surface area contributed by atoms with E-state index in [0.29, 0.717) is 0 Å². The lowest BCUT2D eigenvalue weighted by Crippen LogP contribution is -2.50. The van der Waals surface area contributed by atoms with Gasteiger partial charge in [-0.05, 0) is 17.4 Å². The molecule has 0 amide bonds. The third-order valence-electron chi connectivity index (χ3n) is 2.01. The highest BCUT2D eigenvalue weighted by molar-refractivity contribution is 7.98. The third-order valence-corrected chi connectivity index (χ3v) is 3.04. The molecule has 1 aliphatic heterocycles. The van der Waals surface area contributed by atoms with Crippen LogP contribution in [0.1, 0.15) is 13.8 Å². The van der Waals surface area contributed by atoms with Crippen LogP contribution in [0.25, 0.3) is 0 Å². The molecule has 0 bridgehead atoms. The summed E-state index contributed by atoms with van der Waals surface area (Å²) in [6.45, 7) is 3.94. The van der Waals surface area contributed by atoms with Gasteiger partial charge in [0.05, 0.1) is 6.04 Å². The van der Waals surface area contributed by atoms with E-state index in [2.05, 4.69) is 9.78 Å². The van der Waals surface area contributed by atoms with Crippen LogP contribution in [0, 0.1) is 5.41 Å². The summed E-state index contributed by atoms with van der Waals surface area (Å²) in [5.41, 5.74) is 5.56. The molecule has 0 saturated carbocycles. The minimum atomic E-state index is -1.54. The van der Waals surface area contributed by atoms with Crippen LogP contribution in [-0.4, -0.2) is 29.1 Å². The maximum atomic E-state index is 9.38. The maximum absolute atomic E-state index is 9.38. The molecule has 0 aromatic carbocycles. The van der Waals surface area contributed by atoms with E-state index in [4.69, 9.17) is 5.73 Å². The van der Waals surface area contributed by atoms with Crippen LogP contribution in [0.4, 0.5) is 0 Å². The molecule has 0 aromatic rings. The molecule has 0 unspecified atom stereocenters. The fourth-order valence-corrected chi connectivity index (χ4v) is 2.03. The summed E-state index contributed by atoms with van der Waals surface area (Å²) in [6.07, 6.45) is 1.99. The van der Waals surface area contributed by atoms with Crippen molar-refractivity contribution in [3.05, 3.63) is 0 Å². The molecule has 0 spiro atoms. The number of nitrogens with two attached hydrogens (primary N) is 1. The number of aliphatic hydroxyl groups is 1.